The minimum Gasteiger partial charge on any atom is -0.343 e. The quantitative estimate of drug-likeness (QED) is 0.376. The summed E-state index contributed by atoms with van der Waals surface area (Å²) in [5, 5.41) is 0.739. The molecule has 0 saturated carbocycles. The Morgan fingerprint density at radius 3 is 2.62 bits per heavy atom. The lowest BCUT2D eigenvalue weighted by Gasteiger charge is -2.32. The molecule has 2 heterocycles. The molecule has 1 aliphatic rings. The Balaban J connectivity index is 1.38. The highest BCUT2D eigenvalue weighted by Gasteiger charge is 2.22. The van der Waals surface area contributed by atoms with Crippen molar-refractivity contribution in [2.24, 2.45) is 13.0 Å². The summed E-state index contributed by atoms with van der Waals surface area (Å²) in [7, 11) is 1.75. The van der Waals surface area contributed by atoms with E-state index in [-0.39, 0.29) is 11.5 Å². The second-order valence-electron chi connectivity index (χ2n) is 7.75. The van der Waals surface area contributed by atoms with Gasteiger partial charge in [-0.25, -0.2) is 4.98 Å². The van der Waals surface area contributed by atoms with Crippen molar-refractivity contribution in [3.8, 4) is 0 Å². The van der Waals surface area contributed by atoms with Gasteiger partial charge in [-0.05, 0) is 43.6 Å². The molecule has 1 aromatic carbocycles. The van der Waals surface area contributed by atoms with Crippen LogP contribution in [0.15, 0.2) is 46.3 Å². The Labute approximate surface area is 177 Å². The van der Waals surface area contributed by atoms with Crippen molar-refractivity contribution in [2.75, 3.05) is 18.8 Å². The van der Waals surface area contributed by atoms with Crippen LogP contribution < -0.4 is 5.56 Å². The summed E-state index contributed by atoms with van der Waals surface area (Å²) in [6.45, 7) is 3.74. The van der Waals surface area contributed by atoms with Gasteiger partial charge in [0.15, 0.2) is 5.16 Å². The molecular weight excluding hydrogens is 382 g/mol. The molecule has 0 atom stereocenters. The van der Waals surface area contributed by atoms with Crippen molar-refractivity contribution < 1.29 is 4.79 Å². The van der Waals surface area contributed by atoms with Crippen LogP contribution >= 0.6 is 11.8 Å². The molecule has 3 rings (SSSR count). The molecule has 1 aromatic heterocycles. The number of aryl methyl sites for hydroxylation is 1. The highest BCUT2D eigenvalue weighted by molar-refractivity contribution is 7.99. The number of aromatic nitrogens is 2. The summed E-state index contributed by atoms with van der Waals surface area (Å²) in [4.78, 5) is 31.1. The predicted molar refractivity (Wildman–Crippen MR) is 118 cm³/mol. The largest absolute Gasteiger partial charge is 0.343 e. The van der Waals surface area contributed by atoms with E-state index >= 15 is 0 Å². The predicted octanol–water partition coefficient (Wildman–Crippen LogP) is 3.70. The summed E-state index contributed by atoms with van der Waals surface area (Å²) >= 11 is 1.56. The molecule has 156 valence electrons. The van der Waals surface area contributed by atoms with Gasteiger partial charge in [0.2, 0.25) is 5.91 Å². The standard InChI is InChI=1S/C23H31N3O2S/c1-3-20-17-22(28)25(2)23(24-20)29-15-7-10-21(27)26-13-11-19(12-14-26)16-18-8-5-4-6-9-18/h4-6,8-9,17,19H,3,7,10-16H2,1-2H3. The summed E-state index contributed by atoms with van der Waals surface area (Å²) in [5.41, 5.74) is 2.20. The lowest BCUT2D eigenvalue weighted by molar-refractivity contribution is -0.132. The number of likely N-dealkylation sites (tertiary alicyclic amines) is 1. The zero-order valence-corrected chi connectivity index (χ0v) is 18.3. The van der Waals surface area contributed by atoms with Crippen molar-refractivity contribution in [1.82, 2.24) is 14.5 Å². The molecule has 0 spiro atoms. The van der Waals surface area contributed by atoms with Crippen molar-refractivity contribution in [3.05, 3.63) is 58.0 Å². The molecular formula is C23H31N3O2S. The number of nitrogens with zero attached hydrogens (tertiary/aromatic N) is 3. The number of carbonyl (C=O) groups is 1. The average molecular weight is 414 g/mol. The molecule has 0 radical (unpaired) electrons. The van der Waals surface area contributed by atoms with E-state index in [0.29, 0.717) is 12.3 Å². The highest BCUT2D eigenvalue weighted by atomic mass is 32.2. The minimum atomic E-state index is -0.0196. The van der Waals surface area contributed by atoms with Crippen LogP contribution in [0, 0.1) is 5.92 Å². The van der Waals surface area contributed by atoms with Crippen LogP contribution in [0.4, 0.5) is 0 Å². The second-order valence-corrected chi connectivity index (χ2v) is 8.81. The molecule has 6 heteroatoms. The molecule has 0 aliphatic carbocycles. The van der Waals surface area contributed by atoms with E-state index in [1.807, 2.05) is 11.8 Å². The third kappa shape index (κ3) is 6.20. The van der Waals surface area contributed by atoms with Crippen molar-refractivity contribution in [2.45, 2.75) is 50.6 Å². The first-order chi connectivity index (χ1) is 14.1. The number of amides is 1. The molecule has 0 N–H and O–H groups in total. The maximum Gasteiger partial charge on any atom is 0.254 e. The molecule has 2 aromatic rings. The molecule has 1 saturated heterocycles. The zero-order chi connectivity index (χ0) is 20.6. The van der Waals surface area contributed by atoms with Crippen LogP contribution in [0.25, 0.3) is 0 Å². The Kier molecular flexibility index (Phi) is 7.92. The van der Waals surface area contributed by atoms with Crippen molar-refractivity contribution in [1.29, 1.82) is 0 Å². The SMILES string of the molecule is CCc1cc(=O)n(C)c(SCCCC(=O)N2CCC(Cc3ccccc3)CC2)n1. The van der Waals surface area contributed by atoms with Crippen LogP contribution in [0.1, 0.15) is 43.9 Å². The van der Waals surface area contributed by atoms with Crippen LogP contribution in [0.2, 0.25) is 0 Å². The first-order valence-electron chi connectivity index (χ1n) is 10.6. The first kappa shape index (κ1) is 21.6. The third-order valence-corrected chi connectivity index (χ3v) is 6.73. The van der Waals surface area contributed by atoms with Gasteiger partial charge in [-0.2, -0.15) is 0 Å². The topological polar surface area (TPSA) is 55.2 Å². The molecule has 1 aliphatic heterocycles. The smallest absolute Gasteiger partial charge is 0.254 e. The molecule has 1 amide bonds. The maximum absolute atomic E-state index is 12.5. The zero-order valence-electron chi connectivity index (χ0n) is 17.5. The number of piperidine rings is 1. The van der Waals surface area contributed by atoms with Crippen molar-refractivity contribution in [3.63, 3.8) is 0 Å². The van der Waals surface area contributed by atoms with Gasteiger partial charge >= 0.3 is 0 Å². The first-order valence-corrected chi connectivity index (χ1v) is 11.6. The summed E-state index contributed by atoms with van der Waals surface area (Å²) in [6, 6.07) is 12.2. The van der Waals surface area contributed by atoms with E-state index in [0.717, 1.165) is 61.8 Å². The third-order valence-electron chi connectivity index (χ3n) is 5.61. The van der Waals surface area contributed by atoms with E-state index in [4.69, 9.17) is 0 Å². The maximum atomic E-state index is 12.5. The Morgan fingerprint density at radius 1 is 1.21 bits per heavy atom. The number of hydrogen-bond acceptors (Lipinski definition) is 4. The van der Waals surface area contributed by atoms with Crippen LogP contribution in [0.5, 0.6) is 0 Å². The Hall–Kier alpha value is -2.08. The fourth-order valence-corrected chi connectivity index (χ4v) is 4.69. The lowest BCUT2D eigenvalue weighted by atomic mass is 9.90. The van der Waals surface area contributed by atoms with E-state index in [1.165, 1.54) is 5.56 Å². The van der Waals surface area contributed by atoms with Crippen LogP contribution in [-0.2, 0) is 24.7 Å². The summed E-state index contributed by atoms with van der Waals surface area (Å²) < 4.78 is 1.59. The van der Waals surface area contributed by atoms with E-state index < -0.39 is 0 Å². The number of rotatable bonds is 8. The minimum absolute atomic E-state index is 0.0196. The fraction of sp³-hybridized carbons (Fsp3) is 0.522. The lowest BCUT2D eigenvalue weighted by Crippen LogP contribution is -2.38. The monoisotopic (exact) mass is 413 g/mol. The molecule has 1 fully saturated rings. The second kappa shape index (κ2) is 10.6. The van der Waals surface area contributed by atoms with E-state index in [2.05, 4.69) is 35.3 Å². The number of carbonyl (C=O) groups excluding carboxylic acids is 1. The highest BCUT2D eigenvalue weighted by Crippen LogP contribution is 2.23. The van der Waals surface area contributed by atoms with Crippen LogP contribution in [0.3, 0.4) is 0 Å². The summed E-state index contributed by atoms with van der Waals surface area (Å²) in [6.07, 6.45) is 5.41. The van der Waals surface area contributed by atoms with E-state index in [1.54, 1.807) is 29.4 Å². The van der Waals surface area contributed by atoms with Gasteiger partial charge in [0.1, 0.15) is 0 Å². The molecule has 0 bridgehead atoms. The van der Waals surface area contributed by atoms with Gasteiger partial charge in [-0.15, -0.1) is 0 Å². The number of thioether (sulfide) groups is 1. The normalized spacial score (nSPS) is 14.9. The van der Waals surface area contributed by atoms with E-state index in [9.17, 15) is 9.59 Å². The summed E-state index contributed by atoms with van der Waals surface area (Å²) in [5.74, 6) is 1.73. The number of benzene rings is 1. The fourth-order valence-electron chi connectivity index (χ4n) is 3.75. The van der Waals surface area contributed by atoms with Gasteiger partial charge < -0.3 is 4.90 Å². The van der Waals surface area contributed by atoms with Gasteiger partial charge in [0.25, 0.3) is 5.56 Å². The molecule has 5 nitrogen and oxygen atoms in total. The van der Waals surface area contributed by atoms with Crippen molar-refractivity contribution >= 4 is 17.7 Å². The molecule has 29 heavy (non-hydrogen) atoms. The molecule has 0 unspecified atom stereocenters. The van der Waals surface area contributed by atoms with Gasteiger partial charge in [-0.3, -0.25) is 14.2 Å². The van der Waals surface area contributed by atoms with Gasteiger partial charge in [0, 0.05) is 44.1 Å². The van der Waals surface area contributed by atoms with Gasteiger partial charge in [-0.1, -0.05) is 49.0 Å². The van der Waals surface area contributed by atoms with Gasteiger partial charge in [0.05, 0.1) is 0 Å². The Morgan fingerprint density at radius 2 is 1.93 bits per heavy atom. The number of hydrogen-bond donors (Lipinski definition) is 0. The average Bonchev–Trinajstić information content (AvgIpc) is 2.75. The van der Waals surface area contributed by atoms with Crippen LogP contribution in [-0.4, -0.2) is 39.2 Å². The Bertz CT molecular complexity index is 858.